The van der Waals surface area contributed by atoms with Gasteiger partial charge in [-0.1, -0.05) is 35.5 Å². The number of carbonyl (C=O) groups is 1. The fourth-order valence-electron chi connectivity index (χ4n) is 2.28. The van der Waals surface area contributed by atoms with Crippen LogP contribution in [0.25, 0.3) is 11.4 Å². The van der Waals surface area contributed by atoms with Gasteiger partial charge in [0, 0.05) is 5.56 Å². The number of methoxy groups -OCH3 is 1. The maximum absolute atomic E-state index is 12.2. The first-order valence-corrected chi connectivity index (χ1v) is 7.52. The second kappa shape index (κ2) is 6.95. The quantitative estimate of drug-likeness (QED) is 0.780. The monoisotopic (exact) mass is 323 g/mol. The summed E-state index contributed by atoms with van der Waals surface area (Å²) in [6.45, 7) is 1.79. The molecule has 1 amide bonds. The molecular formula is C18H17N3O3. The number of hydrogen-bond acceptors (Lipinski definition) is 5. The summed E-state index contributed by atoms with van der Waals surface area (Å²) in [7, 11) is 1.59. The largest absolute Gasteiger partial charge is 0.496 e. The molecule has 1 heterocycles. The lowest BCUT2D eigenvalue weighted by Gasteiger charge is -2.09. The highest BCUT2D eigenvalue weighted by molar-refractivity contribution is 5.94. The van der Waals surface area contributed by atoms with Crippen LogP contribution >= 0.6 is 0 Å². The van der Waals surface area contributed by atoms with Gasteiger partial charge in [-0.15, -0.1) is 0 Å². The molecule has 6 nitrogen and oxygen atoms in total. The van der Waals surface area contributed by atoms with Crippen LogP contribution in [0, 0.1) is 0 Å². The Morgan fingerprint density at radius 2 is 1.83 bits per heavy atom. The molecule has 3 rings (SSSR count). The standard InChI is InChI=1S/C18H17N3O3/c1-12(19-17(22)13-8-4-3-5-9-13)18-20-16(21-24-18)14-10-6-7-11-15(14)23-2/h3-12H,1-2H3,(H,19,22)/t12-/m1/s1. The summed E-state index contributed by atoms with van der Waals surface area (Å²) in [5, 5.41) is 6.82. The molecule has 122 valence electrons. The zero-order valence-corrected chi connectivity index (χ0v) is 13.4. The number of hydrogen-bond donors (Lipinski definition) is 1. The summed E-state index contributed by atoms with van der Waals surface area (Å²) in [5.74, 6) is 1.22. The zero-order chi connectivity index (χ0) is 16.9. The number of ether oxygens (including phenoxy) is 1. The van der Waals surface area contributed by atoms with Crippen molar-refractivity contribution < 1.29 is 14.1 Å². The second-order valence-corrected chi connectivity index (χ2v) is 5.22. The van der Waals surface area contributed by atoms with Crippen molar-refractivity contribution in [2.45, 2.75) is 13.0 Å². The molecule has 1 N–H and O–H groups in total. The van der Waals surface area contributed by atoms with Gasteiger partial charge < -0.3 is 14.6 Å². The van der Waals surface area contributed by atoms with E-state index in [0.29, 0.717) is 23.0 Å². The lowest BCUT2D eigenvalue weighted by Crippen LogP contribution is -2.26. The van der Waals surface area contributed by atoms with Crippen LogP contribution in [0.15, 0.2) is 59.1 Å². The van der Waals surface area contributed by atoms with Crippen molar-refractivity contribution in [3.63, 3.8) is 0 Å². The number of rotatable bonds is 5. The minimum absolute atomic E-state index is 0.194. The molecule has 0 aliphatic rings. The fourth-order valence-corrected chi connectivity index (χ4v) is 2.28. The Morgan fingerprint density at radius 1 is 1.12 bits per heavy atom. The van der Waals surface area contributed by atoms with Crippen molar-refractivity contribution in [1.29, 1.82) is 0 Å². The highest BCUT2D eigenvalue weighted by Gasteiger charge is 2.19. The Hall–Kier alpha value is -3.15. The van der Waals surface area contributed by atoms with Gasteiger partial charge in [-0.3, -0.25) is 4.79 Å². The molecule has 0 radical (unpaired) electrons. The second-order valence-electron chi connectivity index (χ2n) is 5.22. The van der Waals surface area contributed by atoms with Crippen molar-refractivity contribution >= 4 is 5.91 Å². The van der Waals surface area contributed by atoms with Gasteiger partial charge in [0.2, 0.25) is 11.7 Å². The van der Waals surface area contributed by atoms with Crippen LogP contribution in [0.2, 0.25) is 0 Å². The maximum Gasteiger partial charge on any atom is 0.251 e. The minimum Gasteiger partial charge on any atom is -0.496 e. The van der Waals surface area contributed by atoms with Crippen LogP contribution < -0.4 is 10.1 Å². The van der Waals surface area contributed by atoms with Gasteiger partial charge in [-0.25, -0.2) is 0 Å². The molecule has 24 heavy (non-hydrogen) atoms. The predicted octanol–water partition coefficient (Wildman–Crippen LogP) is 3.24. The van der Waals surface area contributed by atoms with Crippen LogP contribution in [0.3, 0.4) is 0 Å². The van der Waals surface area contributed by atoms with Crippen LogP contribution in [0.1, 0.15) is 29.2 Å². The average Bonchev–Trinajstić information content (AvgIpc) is 3.12. The fraction of sp³-hybridized carbons (Fsp3) is 0.167. The Labute approximate surface area is 139 Å². The topological polar surface area (TPSA) is 77.3 Å². The van der Waals surface area contributed by atoms with E-state index < -0.39 is 6.04 Å². The van der Waals surface area contributed by atoms with E-state index in [1.807, 2.05) is 42.5 Å². The molecule has 1 atom stereocenters. The van der Waals surface area contributed by atoms with E-state index in [1.54, 1.807) is 26.2 Å². The van der Waals surface area contributed by atoms with Gasteiger partial charge in [0.25, 0.3) is 5.91 Å². The SMILES string of the molecule is COc1ccccc1-c1noc([C@@H](C)NC(=O)c2ccccc2)n1. The summed E-state index contributed by atoms with van der Waals surface area (Å²) < 4.78 is 10.6. The summed E-state index contributed by atoms with van der Waals surface area (Å²) >= 11 is 0. The molecule has 0 spiro atoms. The van der Waals surface area contributed by atoms with Crippen molar-refractivity contribution in [1.82, 2.24) is 15.5 Å². The summed E-state index contributed by atoms with van der Waals surface area (Å²) in [6.07, 6.45) is 0. The Kier molecular flexibility index (Phi) is 4.56. The van der Waals surface area contributed by atoms with Crippen LogP contribution in [-0.2, 0) is 0 Å². The summed E-state index contributed by atoms with van der Waals surface area (Å²) in [5.41, 5.74) is 1.31. The molecule has 3 aromatic rings. The van der Waals surface area contributed by atoms with Crippen molar-refractivity contribution in [2.24, 2.45) is 0 Å². The Morgan fingerprint density at radius 3 is 2.58 bits per heavy atom. The van der Waals surface area contributed by atoms with Crippen molar-refractivity contribution in [2.75, 3.05) is 7.11 Å². The first kappa shape index (κ1) is 15.7. The molecule has 0 saturated heterocycles. The smallest absolute Gasteiger partial charge is 0.251 e. The third-order valence-electron chi connectivity index (χ3n) is 3.54. The highest BCUT2D eigenvalue weighted by atomic mass is 16.5. The average molecular weight is 323 g/mol. The molecule has 0 bridgehead atoms. The number of amides is 1. The van der Waals surface area contributed by atoms with E-state index in [2.05, 4.69) is 15.5 Å². The number of para-hydroxylation sites is 1. The predicted molar refractivity (Wildman–Crippen MR) is 88.6 cm³/mol. The van der Waals surface area contributed by atoms with E-state index in [4.69, 9.17) is 9.26 Å². The Balaban J connectivity index is 1.77. The van der Waals surface area contributed by atoms with Gasteiger partial charge in [-0.05, 0) is 31.2 Å². The molecule has 0 unspecified atom stereocenters. The van der Waals surface area contributed by atoms with E-state index in [1.165, 1.54) is 0 Å². The number of carbonyl (C=O) groups excluding carboxylic acids is 1. The molecule has 6 heteroatoms. The van der Waals surface area contributed by atoms with Gasteiger partial charge in [-0.2, -0.15) is 4.98 Å². The molecule has 0 aliphatic heterocycles. The van der Waals surface area contributed by atoms with Crippen molar-refractivity contribution in [3.8, 4) is 17.1 Å². The number of aromatic nitrogens is 2. The molecule has 0 fully saturated rings. The van der Waals surface area contributed by atoms with E-state index in [-0.39, 0.29) is 5.91 Å². The molecule has 1 aromatic heterocycles. The molecule has 0 saturated carbocycles. The summed E-state index contributed by atoms with van der Waals surface area (Å²) in [6, 6.07) is 16.0. The van der Waals surface area contributed by atoms with Crippen LogP contribution in [0.5, 0.6) is 5.75 Å². The van der Waals surface area contributed by atoms with E-state index >= 15 is 0 Å². The third-order valence-corrected chi connectivity index (χ3v) is 3.54. The number of nitrogens with zero attached hydrogens (tertiary/aromatic N) is 2. The highest BCUT2D eigenvalue weighted by Crippen LogP contribution is 2.27. The van der Waals surface area contributed by atoms with Gasteiger partial charge in [0.15, 0.2) is 0 Å². The lowest BCUT2D eigenvalue weighted by atomic mass is 10.2. The molecule has 2 aromatic carbocycles. The third kappa shape index (κ3) is 3.27. The lowest BCUT2D eigenvalue weighted by molar-refractivity contribution is 0.0932. The minimum atomic E-state index is -0.409. The first-order valence-electron chi connectivity index (χ1n) is 7.52. The van der Waals surface area contributed by atoms with Gasteiger partial charge >= 0.3 is 0 Å². The Bertz CT molecular complexity index is 830. The van der Waals surface area contributed by atoms with Crippen molar-refractivity contribution in [3.05, 3.63) is 66.1 Å². The van der Waals surface area contributed by atoms with Gasteiger partial charge in [0.1, 0.15) is 11.8 Å². The normalized spacial score (nSPS) is 11.8. The molecule has 0 aliphatic carbocycles. The number of nitrogens with one attached hydrogen (secondary N) is 1. The van der Waals surface area contributed by atoms with Crippen LogP contribution in [-0.4, -0.2) is 23.2 Å². The van der Waals surface area contributed by atoms with E-state index in [0.717, 1.165) is 5.56 Å². The maximum atomic E-state index is 12.2. The number of benzene rings is 2. The molecular weight excluding hydrogens is 306 g/mol. The van der Waals surface area contributed by atoms with Crippen LogP contribution in [0.4, 0.5) is 0 Å². The van der Waals surface area contributed by atoms with E-state index in [9.17, 15) is 4.79 Å². The summed E-state index contributed by atoms with van der Waals surface area (Å²) in [4.78, 5) is 16.5. The first-order chi connectivity index (χ1) is 11.7. The van der Waals surface area contributed by atoms with Gasteiger partial charge in [0.05, 0.1) is 12.7 Å². The zero-order valence-electron chi connectivity index (χ0n) is 13.4.